The van der Waals surface area contributed by atoms with Crippen LogP contribution in [-0.4, -0.2) is 15.5 Å². The normalized spacial score (nSPS) is 11.9. The van der Waals surface area contributed by atoms with Gasteiger partial charge in [-0.1, -0.05) is 30.6 Å². The zero-order chi connectivity index (χ0) is 8.74. The fourth-order valence-corrected chi connectivity index (χ4v) is 3.95. The summed E-state index contributed by atoms with van der Waals surface area (Å²) in [5.41, 5.74) is 0. The molecule has 3 nitrogen and oxygen atoms in total. The molecule has 0 bridgehead atoms. The fraction of sp³-hybridized carbons (Fsp3) is 1.00. The minimum atomic E-state index is -3.83. The summed E-state index contributed by atoms with van der Waals surface area (Å²) in [6.45, 7) is -1.74. The quantitative estimate of drug-likeness (QED) is 0.406. The lowest BCUT2D eigenvalue weighted by atomic mass is 10.3. The summed E-state index contributed by atoms with van der Waals surface area (Å²) in [4.78, 5) is 16.9. The Morgan fingerprint density at radius 3 is 2.45 bits per heavy atom. The Morgan fingerprint density at radius 1 is 1.36 bits per heavy atom. The van der Waals surface area contributed by atoms with Gasteiger partial charge in [0.15, 0.2) is 0 Å². The molecule has 0 amide bonds. The second-order valence-electron chi connectivity index (χ2n) is 2.09. The summed E-state index contributed by atoms with van der Waals surface area (Å²) < 4.78 is 10.3. The molecule has 0 saturated carbocycles. The van der Waals surface area contributed by atoms with E-state index in [1.807, 2.05) is 0 Å². The van der Waals surface area contributed by atoms with E-state index in [0.29, 0.717) is 10.4 Å². The van der Waals surface area contributed by atoms with Gasteiger partial charge in [0.05, 0.1) is 0 Å². The average molecular weight is 216 g/mol. The maximum Gasteiger partial charge on any atom is 0.394 e. The summed E-state index contributed by atoms with van der Waals surface area (Å²) in [6, 6.07) is 0. The molecule has 0 aliphatic heterocycles. The highest BCUT2D eigenvalue weighted by atomic mass is 33.3. The Labute approximate surface area is 74.6 Å². The largest absolute Gasteiger partial charge is 0.394 e. The van der Waals surface area contributed by atoms with E-state index in [1.54, 1.807) is 0 Å². The Balaban J connectivity index is 3.09. The lowest BCUT2D eigenvalue weighted by Gasteiger charge is -2.00. The van der Waals surface area contributed by atoms with Crippen LogP contribution in [0.1, 0.15) is 26.2 Å². The molecule has 6 heteroatoms. The molecule has 0 saturated heterocycles. The van der Waals surface area contributed by atoms with E-state index < -0.39 is 6.80 Å². The first-order valence-electron chi connectivity index (χ1n) is 3.43. The van der Waals surface area contributed by atoms with Crippen molar-refractivity contribution in [3.05, 3.63) is 0 Å². The Kier molecular flexibility index (Phi) is 6.87. The molecule has 0 aliphatic rings. The van der Waals surface area contributed by atoms with Gasteiger partial charge in [-0.25, -0.2) is 4.57 Å². The minimum absolute atomic E-state index is 0.667. The van der Waals surface area contributed by atoms with Gasteiger partial charge in [-0.05, 0) is 6.42 Å². The van der Waals surface area contributed by atoms with Gasteiger partial charge >= 0.3 is 6.80 Å². The van der Waals surface area contributed by atoms with Crippen LogP contribution in [0.4, 0.5) is 0 Å². The van der Waals surface area contributed by atoms with E-state index in [0.717, 1.165) is 25.0 Å². The topological polar surface area (TPSA) is 57.5 Å². The van der Waals surface area contributed by atoms with E-state index >= 15 is 0 Å². The van der Waals surface area contributed by atoms with E-state index in [9.17, 15) is 4.57 Å². The van der Waals surface area contributed by atoms with Gasteiger partial charge in [-0.15, -0.1) is 0 Å². The molecule has 0 rings (SSSR count). The first-order valence-corrected chi connectivity index (χ1v) is 7.96. The highest BCUT2D eigenvalue weighted by molar-refractivity contribution is 8.98. The van der Waals surface area contributed by atoms with Crippen LogP contribution in [-0.2, 0) is 4.57 Å². The van der Waals surface area contributed by atoms with E-state index in [4.69, 9.17) is 9.79 Å². The summed E-state index contributed by atoms with van der Waals surface area (Å²) in [5.74, 6) is 0.823. The summed E-state index contributed by atoms with van der Waals surface area (Å²) in [6.07, 6.45) is 3.31. The molecule has 0 aromatic carbocycles. The molecule has 11 heavy (non-hydrogen) atoms. The van der Waals surface area contributed by atoms with E-state index in [-0.39, 0.29) is 0 Å². The van der Waals surface area contributed by atoms with Crippen molar-refractivity contribution < 1.29 is 14.4 Å². The Bertz CT molecular complexity index is 136. The van der Waals surface area contributed by atoms with Crippen molar-refractivity contribution >= 4 is 28.0 Å². The summed E-state index contributed by atoms with van der Waals surface area (Å²) in [7, 11) is 1.92. The zero-order valence-electron chi connectivity index (χ0n) is 6.39. The monoisotopic (exact) mass is 216 g/mol. The van der Waals surface area contributed by atoms with Gasteiger partial charge in [0.2, 0.25) is 0 Å². The van der Waals surface area contributed by atoms with Crippen LogP contribution in [0.2, 0.25) is 0 Å². The molecule has 0 heterocycles. The molecule has 68 valence electrons. The zero-order valence-corrected chi connectivity index (χ0v) is 8.92. The van der Waals surface area contributed by atoms with Crippen molar-refractivity contribution in [3.8, 4) is 0 Å². The van der Waals surface area contributed by atoms with Gasteiger partial charge < -0.3 is 9.79 Å². The van der Waals surface area contributed by atoms with Gasteiger partial charge in [0.25, 0.3) is 0 Å². The molecular formula is C5H13O3PS2. The second kappa shape index (κ2) is 6.38. The number of unbranched alkanes of at least 4 members (excludes halogenated alkanes) is 2. The lowest BCUT2D eigenvalue weighted by molar-refractivity contribution is 0.397. The van der Waals surface area contributed by atoms with Crippen molar-refractivity contribution in [3.63, 3.8) is 0 Å². The highest BCUT2D eigenvalue weighted by Gasteiger charge is 2.13. The average Bonchev–Trinajstić information content (AvgIpc) is 1.85. The Morgan fingerprint density at radius 2 is 2.00 bits per heavy atom. The van der Waals surface area contributed by atoms with Crippen LogP contribution in [0.25, 0.3) is 0 Å². The fourth-order valence-electron chi connectivity index (χ4n) is 0.517. The van der Waals surface area contributed by atoms with Crippen molar-refractivity contribution in [1.29, 1.82) is 0 Å². The van der Waals surface area contributed by atoms with Crippen LogP contribution in [0, 0.1) is 0 Å². The third kappa shape index (κ3) is 10.8. The molecule has 0 fully saturated rings. The molecule has 0 unspecified atom stereocenters. The maximum absolute atomic E-state index is 10.3. The van der Waals surface area contributed by atoms with Crippen molar-refractivity contribution in [2.45, 2.75) is 26.2 Å². The van der Waals surface area contributed by atoms with Crippen molar-refractivity contribution in [1.82, 2.24) is 0 Å². The molecule has 0 aromatic rings. The molecule has 2 N–H and O–H groups in total. The molecule has 0 atom stereocenters. The molecule has 0 aromatic heterocycles. The third-order valence-electron chi connectivity index (χ3n) is 0.981. The van der Waals surface area contributed by atoms with Crippen LogP contribution >= 0.6 is 28.0 Å². The van der Waals surface area contributed by atoms with Gasteiger partial charge in [-0.2, -0.15) is 0 Å². The minimum Gasteiger partial charge on any atom is -0.316 e. The van der Waals surface area contributed by atoms with Gasteiger partial charge in [0.1, 0.15) is 0 Å². The SMILES string of the molecule is CCCCCSSP(=O)(O)O. The summed E-state index contributed by atoms with van der Waals surface area (Å²) in [5, 5.41) is 0. The Hall–Kier alpha value is 0.850. The first kappa shape index (κ1) is 11.8. The maximum atomic E-state index is 10.3. The molecule has 0 spiro atoms. The predicted octanol–water partition coefficient (Wildman–Crippen LogP) is 2.65. The first-order chi connectivity index (χ1) is 5.06. The molecule has 0 aliphatic carbocycles. The lowest BCUT2D eigenvalue weighted by Crippen LogP contribution is -1.76. The number of hydrogen-bond acceptors (Lipinski definition) is 3. The standard InChI is InChI=1S/C5H13O3PS2/c1-2-3-4-5-10-11-9(6,7)8/h2-5H2,1H3,(H2,6,7,8). The van der Waals surface area contributed by atoms with Gasteiger partial charge in [-0.3, -0.25) is 0 Å². The highest BCUT2D eigenvalue weighted by Crippen LogP contribution is 2.56. The van der Waals surface area contributed by atoms with Crippen LogP contribution in [0.15, 0.2) is 0 Å². The molecular weight excluding hydrogens is 203 g/mol. The van der Waals surface area contributed by atoms with Crippen LogP contribution in [0.3, 0.4) is 0 Å². The second-order valence-corrected chi connectivity index (χ2v) is 7.79. The predicted molar refractivity (Wildman–Crippen MR) is 51.6 cm³/mol. The smallest absolute Gasteiger partial charge is 0.316 e. The van der Waals surface area contributed by atoms with Crippen molar-refractivity contribution in [2.24, 2.45) is 0 Å². The number of rotatable bonds is 6. The van der Waals surface area contributed by atoms with Crippen LogP contribution in [0.5, 0.6) is 0 Å². The number of hydrogen-bond donors (Lipinski definition) is 2. The van der Waals surface area contributed by atoms with E-state index in [1.165, 1.54) is 10.8 Å². The third-order valence-corrected chi connectivity index (χ3v) is 5.83. The van der Waals surface area contributed by atoms with Gasteiger partial charge in [0, 0.05) is 16.2 Å². The van der Waals surface area contributed by atoms with E-state index in [2.05, 4.69) is 6.92 Å². The van der Waals surface area contributed by atoms with Crippen molar-refractivity contribution in [2.75, 3.05) is 5.75 Å². The van der Waals surface area contributed by atoms with Crippen LogP contribution < -0.4 is 0 Å². The summed E-state index contributed by atoms with van der Waals surface area (Å²) >= 11 is 0. The molecule has 0 radical (unpaired) electrons.